The smallest absolute Gasteiger partial charge is 0.155 e. The zero-order valence-corrected chi connectivity index (χ0v) is 13.3. The van der Waals surface area contributed by atoms with E-state index in [1.165, 1.54) is 0 Å². The molecule has 6 heteroatoms. The van der Waals surface area contributed by atoms with E-state index >= 15 is 0 Å². The van der Waals surface area contributed by atoms with Crippen molar-refractivity contribution in [3.05, 3.63) is 29.0 Å². The Kier molecular flexibility index (Phi) is 4.14. The molecule has 1 aliphatic rings. The quantitative estimate of drug-likeness (QED) is 0.796. The summed E-state index contributed by atoms with van der Waals surface area (Å²) in [6, 6.07) is 6.39. The Morgan fingerprint density at radius 2 is 2.36 bits per heavy atom. The van der Waals surface area contributed by atoms with Crippen molar-refractivity contribution in [2.45, 2.75) is 25.8 Å². The summed E-state index contributed by atoms with van der Waals surface area (Å²) in [6.07, 6.45) is 1.65. The first-order valence-electron chi connectivity index (χ1n) is 7.31. The number of nitrogens with zero attached hydrogens (tertiary/aromatic N) is 4. The fourth-order valence-electron chi connectivity index (χ4n) is 2.77. The molecule has 0 spiro atoms. The van der Waals surface area contributed by atoms with Gasteiger partial charge in [0.15, 0.2) is 5.15 Å². The average molecular weight is 317 g/mol. The second kappa shape index (κ2) is 6.07. The molecule has 0 radical (unpaired) electrons. The molecule has 1 saturated heterocycles. The van der Waals surface area contributed by atoms with Gasteiger partial charge in [0.2, 0.25) is 0 Å². The summed E-state index contributed by atoms with van der Waals surface area (Å²) in [7, 11) is 0. The largest absolute Gasteiger partial charge is 0.377 e. The molecule has 1 fully saturated rings. The molecule has 0 saturated carbocycles. The SMILES string of the molecule is CC(C#N)c1cc(N2CCOC[C@H]2C)nc2c(Cl)nccc12. The highest BCUT2D eigenvalue weighted by atomic mass is 35.5. The first-order valence-corrected chi connectivity index (χ1v) is 7.68. The van der Waals surface area contributed by atoms with Crippen LogP contribution in [0, 0.1) is 11.3 Å². The van der Waals surface area contributed by atoms with Gasteiger partial charge in [-0.15, -0.1) is 0 Å². The second-order valence-corrected chi connectivity index (χ2v) is 5.89. The second-order valence-electron chi connectivity index (χ2n) is 5.54. The van der Waals surface area contributed by atoms with Gasteiger partial charge in [-0.2, -0.15) is 5.26 Å². The Bertz CT molecular complexity index is 743. The Morgan fingerprint density at radius 1 is 1.55 bits per heavy atom. The van der Waals surface area contributed by atoms with Gasteiger partial charge in [-0.05, 0) is 31.5 Å². The van der Waals surface area contributed by atoms with Gasteiger partial charge in [0, 0.05) is 18.1 Å². The van der Waals surface area contributed by atoms with Crippen molar-refractivity contribution < 1.29 is 4.74 Å². The summed E-state index contributed by atoms with van der Waals surface area (Å²) < 4.78 is 5.48. The maximum Gasteiger partial charge on any atom is 0.155 e. The molecule has 22 heavy (non-hydrogen) atoms. The van der Waals surface area contributed by atoms with Crippen molar-refractivity contribution in [2.75, 3.05) is 24.7 Å². The number of halogens is 1. The van der Waals surface area contributed by atoms with E-state index in [9.17, 15) is 5.26 Å². The molecular weight excluding hydrogens is 300 g/mol. The molecular formula is C16H17ClN4O. The van der Waals surface area contributed by atoms with Crippen LogP contribution in [0.2, 0.25) is 5.15 Å². The van der Waals surface area contributed by atoms with Crippen LogP contribution < -0.4 is 4.90 Å². The van der Waals surface area contributed by atoms with Gasteiger partial charge in [-0.1, -0.05) is 11.6 Å². The van der Waals surface area contributed by atoms with Crippen molar-refractivity contribution in [1.82, 2.24) is 9.97 Å². The van der Waals surface area contributed by atoms with Crippen molar-refractivity contribution in [3.63, 3.8) is 0 Å². The van der Waals surface area contributed by atoms with E-state index in [1.807, 2.05) is 19.1 Å². The number of rotatable bonds is 2. The monoisotopic (exact) mass is 316 g/mol. The molecule has 0 aliphatic carbocycles. The van der Waals surface area contributed by atoms with Crippen LogP contribution in [0.15, 0.2) is 18.3 Å². The zero-order chi connectivity index (χ0) is 15.7. The van der Waals surface area contributed by atoms with Crippen molar-refractivity contribution in [1.29, 1.82) is 5.26 Å². The van der Waals surface area contributed by atoms with Crippen LogP contribution in [-0.4, -0.2) is 35.8 Å². The molecule has 114 valence electrons. The highest BCUT2D eigenvalue weighted by molar-refractivity contribution is 6.33. The topological polar surface area (TPSA) is 62.0 Å². The molecule has 2 aromatic heterocycles. The first kappa shape index (κ1) is 15.0. The molecule has 1 aliphatic heterocycles. The third-order valence-electron chi connectivity index (χ3n) is 4.02. The van der Waals surface area contributed by atoms with E-state index in [0.29, 0.717) is 23.9 Å². The van der Waals surface area contributed by atoms with Crippen LogP contribution in [0.5, 0.6) is 0 Å². The predicted molar refractivity (Wildman–Crippen MR) is 86.2 cm³/mol. The summed E-state index contributed by atoms with van der Waals surface area (Å²) in [4.78, 5) is 11.0. The summed E-state index contributed by atoms with van der Waals surface area (Å²) in [5, 5.41) is 10.6. The highest BCUT2D eigenvalue weighted by Gasteiger charge is 2.23. The summed E-state index contributed by atoms with van der Waals surface area (Å²) in [5.74, 6) is 0.592. The van der Waals surface area contributed by atoms with Crippen molar-refractivity contribution in [3.8, 4) is 6.07 Å². The van der Waals surface area contributed by atoms with Gasteiger partial charge < -0.3 is 9.64 Å². The number of anilines is 1. The Labute approximate surface area is 134 Å². The number of morpholine rings is 1. The number of pyridine rings is 2. The molecule has 1 unspecified atom stereocenters. The lowest BCUT2D eigenvalue weighted by molar-refractivity contribution is 0.0985. The van der Waals surface area contributed by atoms with Gasteiger partial charge >= 0.3 is 0 Å². The highest BCUT2D eigenvalue weighted by Crippen LogP contribution is 2.32. The minimum atomic E-state index is -0.237. The van der Waals surface area contributed by atoms with E-state index in [0.717, 1.165) is 23.3 Å². The van der Waals surface area contributed by atoms with E-state index in [1.54, 1.807) is 6.20 Å². The fraction of sp³-hybridized carbons (Fsp3) is 0.438. The summed E-state index contributed by atoms with van der Waals surface area (Å²) in [6.45, 7) is 6.11. The molecule has 0 N–H and O–H groups in total. The fourth-order valence-corrected chi connectivity index (χ4v) is 2.97. The van der Waals surface area contributed by atoms with E-state index in [4.69, 9.17) is 21.3 Å². The van der Waals surface area contributed by atoms with Crippen LogP contribution in [0.1, 0.15) is 25.3 Å². The lowest BCUT2D eigenvalue weighted by atomic mass is 9.98. The third-order valence-corrected chi connectivity index (χ3v) is 4.30. The van der Waals surface area contributed by atoms with Gasteiger partial charge in [0.05, 0.1) is 31.2 Å². The molecule has 2 atom stereocenters. The predicted octanol–water partition coefficient (Wildman–Crippen LogP) is 3.14. The van der Waals surface area contributed by atoms with E-state index in [-0.39, 0.29) is 12.0 Å². The van der Waals surface area contributed by atoms with Gasteiger partial charge in [-0.3, -0.25) is 0 Å². The first-order chi connectivity index (χ1) is 10.6. The van der Waals surface area contributed by atoms with Crippen LogP contribution >= 0.6 is 11.6 Å². The number of hydrogen-bond acceptors (Lipinski definition) is 5. The van der Waals surface area contributed by atoms with Gasteiger partial charge in [0.25, 0.3) is 0 Å². The molecule has 2 aromatic rings. The van der Waals surface area contributed by atoms with Crippen molar-refractivity contribution in [2.24, 2.45) is 0 Å². The lowest BCUT2D eigenvalue weighted by Crippen LogP contribution is -2.44. The van der Waals surface area contributed by atoms with Crippen molar-refractivity contribution >= 4 is 28.3 Å². The summed E-state index contributed by atoms with van der Waals surface area (Å²) >= 11 is 6.22. The van der Waals surface area contributed by atoms with E-state index < -0.39 is 0 Å². The Morgan fingerprint density at radius 3 is 3.09 bits per heavy atom. The van der Waals surface area contributed by atoms with Crippen LogP contribution in [0.3, 0.4) is 0 Å². The Balaban J connectivity index is 2.19. The lowest BCUT2D eigenvalue weighted by Gasteiger charge is -2.34. The Hall–Kier alpha value is -1.90. The van der Waals surface area contributed by atoms with Crippen LogP contribution in [0.25, 0.3) is 10.9 Å². The van der Waals surface area contributed by atoms with Gasteiger partial charge in [-0.25, -0.2) is 9.97 Å². The van der Waals surface area contributed by atoms with E-state index in [2.05, 4.69) is 22.9 Å². The standard InChI is InChI=1S/C16H17ClN4O/c1-10(8-18)13-7-14(21-5-6-22-9-11(21)2)20-15-12(13)3-4-19-16(15)17/h3-4,7,10-11H,5-6,9H2,1-2H3/t10?,11-/m1/s1. The molecule has 3 heterocycles. The number of hydrogen-bond donors (Lipinski definition) is 0. The maximum absolute atomic E-state index is 9.32. The normalized spacial score (nSPS) is 19.9. The number of nitriles is 1. The summed E-state index contributed by atoms with van der Waals surface area (Å²) in [5.41, 5.74) is 1.59. The maximum atomic E-state index is 9.32. The molecule has 0 aromatic carbocycles. The zero-order valence-electron chi connectivity index (χ0n) is 12.6. The molecule has 5 nitrogen and oxygen atoms in total. The third kappa shape index (κ3) is 2.60. The number of ether oxygens (including phenoxy) is 1. The number of fused-ring (bicyclic) bond motifs is 1. The van der Waals surface area contributed by atoms with Crippen LogP contribution in [-0.2, 0) is 4.74 Å². The van der Waals surface area contributed by atoms with Crippen LogP contribution in [0.4, 0.5) is 5.82 Å². The number of aromatic nitrogens is 2. The minimum Gasteiger partial charge on any atom is -0.377 e. The van der Waals surface area contributed by atoms with Gasteiger partial charge in [0.1, 0.15) is 11.3 Å². The molecule has 0 bridgehead atoms. The molecule has 0 amide bonds. The minimum absolute atomic E-state index is 0.236. The average Bonchev–Trinajstić information content (AvgIpc) is 2.54. The molecule has 3 rings (SSSR count).